The molecule has 1 rings (SSSR count). The van der Waals surface area contributed by atoms with E-state index in [0.717, 1.165) is 13.1 Å². The fourth-order valence-corrected chi connectivity index (χ4v) is 1.14. The number of aliphatic hydroxyl groups excluding tert-OH is 1. The van der Waals surface area contributed by atoms with Crippen LogP contribution in [0.4, 0.5) is 0 Å². The van der Waals surface area contributed by atoms with Crippen LogP contribution in [0.1, 0.15) is 13.8 Å². The molecule has 3 nitrogen and oxygen atoms in total. The number of hydrogen-bond acceptors (Lipinski definition) is 2. The fraction of sp³-hybridized carbons (Fsp3) is 0.857. The molecule has 1 saturated heterocycles. The normalized spacial score (nSPS) is 22.1. The van der Waals surface area contributed by atoms with Crippen molar-refractivity contribution in [2.24, 2.45) is 5.92 Å². The van der Waals surface area contributed by atoms with Crippen molar-refractivity contribution < 1.29 is 9.90 Å². The van der Waals surface area contributed by atoms with Gasteiger partial charge >= 0.3 is 0 Å². The summed E-state index contributed by atoms with van der Waals surface area (Å²) in [6, 6.07) is 0. The van der Waals surface area contributed by atoms with E-state index in [2.05, 4.69) is 6.92 Å². The van der Waals surface area contributed by atoms with Crippen LogP contribution >= 0.6 is 0 Å². The Morgan fingerprint density at radius 3 is 2.50 bits per heavy atom. The summed E-state index contributed by atoms with van der Waals surface area (Å²) >= 11 is 0. The molecule has 58 valence electrons. The molecule has 10 heavy (non-hydrogen) atoms. The monoisotopic (exact) mass is 143 g/mol. The van der Waals surface area contributed by atoms with Gasteiger partial charge in [0.25, 0.3) is 5.91 Å². The van der Waals surface area contributed by atoms with Crippen molar-refractivity contribution in [3.8, 4) is 0 Å². The van der Waals surface area contributed by atoms with E-state index in [-0.39, 0.29) is 5.91 Å². The van der Waals surface area contributed by atoms with Gasteiger partial charge in [-0.1, -0.05) is 6.92 Å². The Labute approximate surface area is 60.6 Å². The Bertz CT molecular complexity index is 139. The summed E-state index contributed by atoms with van der Waals surface area (Å²) in [4.78, 5) is 12.6. The highest BCUT2D eigenvalue weighted by Crippen LogP contribution is 2.14. The quantitative estimate of drug-likeness (QED) is 0.554. The second-order valence-corrected chi connectivity index (χ2v) is 3.02. The lowest BCUT2D eigenvalue weighted by Crippen LogP contribution is -2.51. The smallest absolute Gasteiger partial charge is 0.251 e. The molecule has 0 saturated carbocycles. The lowest BCUT2D eigenvalue weighted by Gasteiger charge is -2.37. The van der Waals surface area contributed by atoms with Gasteiger partial charge in [0.05, 0.1) is 0 Å². The number of hydrogen-bond donors (Lipinski definition) is 1. The van der Waals surface area contributed by atoms with Crippen LogP contribution in [0.2, 0.25) is 0 Å². The highest BCUT2D eigenvalue weighted by molar-refractivity contribution is 5.80. The van der Waals surface area contributed by atoms with E-state index in [1.807, 2.05) is 0 Å². The van der Waals surface area contributed by atoms with Gasteiger partial charge in [-0.15, -0.1) is 0 Å². The van der Waals surface area contributed by atoms with E-state index in [0.29, 0.717) is 5.92 Å². The Balaban J connectivity index is 2.31. The molecule has 1 fully saturated rings. The number of likely N-dealkylation sites (tertiary alicyclic amines) is 1. The molecule has 1 amide bonds. The summed E-state index contributed by atoms with van der Waals surface area (Å²) in [5, 5.41) is 8.85. The Hall–Kier alpha value is -0.570. The van der Waals surface area contributed by atoms with Crippen molar-refractivity contribution in [3.63, 3.8) is 0 Å². The SMILES string of the molecule is CC1CN(C(=O)[C@H](C)O)C1. The second-order valence-electron chi connectivity index (χ2n) is 3.02. The van der Waals surface area contributed by atoms with Crippen LogP contribution in [0.15, 0.2) is 0 Å². The molecule has 0 aliphatic carbocycles. The highest BCUT2D eigenvalue weighted by Gasteiger charge is 2.28. The topological polar surface area (TPSA) is 40.5 Å². The highest BCUT2D eigenvalue weighted by atomic mass is 16.3. The van der Waals surface area contributed by atoms with Crippen LogP contribution in [0.3, 0.4) is 0 Å². The third-order valence-corrected chi connectivity index (χ3v) is 1.73. The van der Waals surface area contributed by atoms with Gasteiger partial charge in [-0.2, -0.15) is 0 Å². The van der Waals surface area contributed by atoms with Crippen molar-refractivity contribution >= 4 is 5.91 Å². The Kier molecular flexibility index (Phi) is 1.94. The Morgan fingerprint density at radius 1 is 1.70 bits per heavy atom. The predicted octanol–water partition coefficient (Wildman–Crippen LogP) is -0.155. The zero-order valence-corrected chi connectivity index (χ0v) is 6.37. The number of aliphatic hydroxyl groups is 1. The van der Waals surface area contributed by atoms with Gasteiger partial charge in [0.1, 0.15) is 6.10 Å². The summed E-state index contributed by atoms with van der Waals surface area (Å²) in [6.07, 6.45) is -0.826. The van der Waals surface area contributed by atoms with Crippen LogP contribution in [0, 0.1) is 5.92 Å². The van der Waals surface area contributed by atoms with Gasteiger partial charge in [-0.05, 0) is 12.8 Å². The molecule has 0 unspecified atom stereocenters. The largest absolute Gasteiger partial charge is 0.384 e. The van der Waals surface area contributed by atoms with Crippen LogP contribution < -0.4 is 0 Å². The van der Waals surface area contributed by atoms with E-state index in [4.69, 9.17) is 5.11 Å². The first-order valence-corrected chi connectivity index (χ1v) is 3.58. The van der Waals surface area contributed by atoms with Gasteiger partial charge in [0, 0.05) is 13.1 Å². The first kappa shape index (κ1) is 7.54. The molecule has 0 spiro atoms. The van der Waals surface area contributed by atoms with E-state index in [1.54, 1.807) is 4.90 Å². The average Bonchev–Trinajstić information content (AvgIpc) is 1.79. The molecule has 1 aliphatic rings. The summed E-state index contributed by atoms with van der Waals surface area (Å²) in [6.45, 7) is 5.21. The summed E-state index contributed by atoms with van der Waals surface area (Å²) in [5.74, 6) is 0.473. The molecule has 0 aromatic rings. The lowest BCUT2D eigenvalue weighted by atomic mass is 10.0. The molecule has 1 N–H and O–H groups in total. The number of rotatable bonds is 1. The van der Waals surface area contributed by atoms with Crippen LogP contribution in [0.5, 0.6) is 0 Å². The van der Waals surface area contributed by atoms with Gasteiger partial charge in [0.2, 0.25) is 0 Å². The zero-order chi connectivity index (χ0) is 7.72. The molecular weight excluding hydrogens is 130 g/mol. The minimum Gasteiger partial charge on any atom is -0.384 e. The van der Waals surface area contributed by atoms with E-state index in [1.165, 1.54) is 6.92 Å². The second kappa shape index (κ2) is 2.58. The average molecular weight is 143 g/mol. The molecule has 0 radical (unpaired) electrons. The van der Waals surface area contributed by atoms with Crippen molar-refractivity contribution in [2.75, 3.05) is 13.1 Å². The van der Waals surface area contributed by atoms with E-state index in [9.17, 15) is 4.79 Å². The number of nitrogens with zero attached hydrogens (tertiary/aromatic N) is 1. The lowest BCUT2D eigenvalue weighted by molar-refractivity contribution is -0.145. The molecule has 0 aromatic carbocycles. The van der Waals surface area contributed by atoms with Gasteiger partial charge in [0.15, 0.2) is 0 Å². The van der Waals surface area contributed by atoms with Crippen LogP contribution in [-0.4, -0.2) is 35.1 Å². The van der Waals surface area contributed by atoms with Gasteiger partial charge in [-0.3, -0.25) is 4.79 Å². The first-order valence-electron chi connectivity index (χ1n) is 3.58. The third kappa shape index (κ3) is 1.29. The van der Waals surface area contributed by atoms with Gasteiger partial charge < -0.3 is 10.0 Å². The van der Waals surface area contributed by atoms with E-state index >= 15 is 0 Å². The molecule has 1 aliphatic heterocycles. The molecule has 1 heterocycles. The molecule has 0 bridgehead atoms. The standard InChI is InChI=1S/C7H13NO2/c1-5-3-8(4-5)7(10)6(2)9/h5-6,9H,3-4H2,1-2H3/t6-/m0/s1. The number of amides is 1. The summed E-state index contributed by atoms with van der Waals surface area (Å²) in [5.41, 5.74) is 0. The third-order valence-electron chi connectivity index (χ3n) is 1.73. The number of carbonyl (C=O) groups excluding carboxylic acids is 1. The molecule has 3 heteroatoms. The van der Waals surface area contributed by atoms with Gasteiger partial charge in [-0.25, -0.2) is 0 Å². The predicted molar refractivity (Wildman–Crippen MR) is 37.4 cm³/mol. The van der Waals surface area contributed by atoms with Crippen LogP contribution in [-0.2, 0) is 4.79 Å². The molecule has 0 aromatic heterocycles. The fourth-order valence-electron chi connectivity index (χ4n) is 1.14. The number of carbonyl (C=O) groups is 1. The maximum atomic E-state index is 10.9. The van der Waals surface area contributed by atoms with Crippen molar-refractivity contribution in [2.45, 2.75) is 20.0 Å². The van der Waals surface area contributed by atoms with Crippen LogP contribution in [0.25, 0.3) is 0 Å². The zero-order valence-electron chi connectivity index (χ0n) is 6.37. The van der Waals surface area contributed by atoms with Crippen molar-refractivity contribution in [3.05, 3.63) is 0 Å². The minimum absolute atomic E-state index is 0.141. The maximum Gasteiger partial charge on any atom is 0.251 e. The van der Waals surface area contributed by atoms with Crippen molar-refractivity contribution in [1.29, 1.82) is 0 Å². The molecule has 1 atom stereocenters. The minimum atomic E-state index is -0.826. The summed E-state index contributed by atoms with van der Waals surface area (Å²) in [7, 11) is 0. The maximum absolute atomic E-state index is 10.9. The Morgan fingerprint density at radius 2 is 2.20 bits per heavy atom. The summed E-state index contributed by atoms with van der Waals surface area (Å²) < 4.78 is 0. The van der Waals surface area contributed by atoms with Crippen molar-refractivity contribution in [1.82, 2.24) is 4.90 Å². The first-order chi connectivity index (χ1) is 4.61. The van der Waals surface area contributed by atoms with E-state index < -0.39 is 6.10 Å². The molecular formula is C7H13NO2.